The van der Waals surface area contributed by atoms with E-state index >= 15 is 0 Å². The fourth-order valence-electron chi connectivity index (χ4n) is 4.60. The predicted octanol–water partition coefficient (Wildman–Crippen LogP) is 3.32. The highest BCUT2D eigenvalue weighted by Gasteiger charge is 2.25. The molecule has 180 valence electrons. The topological polar surface area (TPSA) is 58.6 Å². The van der Waals surface area contributed by atoms with E-state index in [0.29, 0.717) is 12.1 Å². The molecule has 1 unspecified atom stereocenters. The first-order valence-electron chi connectivity index (χ1n) is 12.3. The highest BCUT2D eigenvalue weighted by molar-refractivity contribution is 5.80. The van der Waals surface area contributed by atoms with Gasteiger partial charge in [0.05, 0.1) is 25.8 Å². The molecule has 2 saturated heterocycles. The summed E-state index contributed by atoms with van der Waals surface area (Å²) in [4.78, 5) is 10.1. The minimum Gasteiger partial charge on any atom is -0.497 e. The molecule has 32 heavy (non-hydrogen) atoms. The van der Waals surface area contributed by atoms with Gasteiger partial charge >= 0.3 is 0 Å². The molecule has 1 aromatic carbocycles. The van der Waals surface area contributed by atoms with Gasteiger partial charge in [-0.2, -0.15) is 0 Å². The fourth-order valence-corrected chi connectivity index (χ4v) is 4.60. The summed E-state index contributed by atoms with van der Waals surface area (Å²) in [5, 5.41) is 3.52. The zero-order valence-corrected chi connectivity index (χ0v) is 20.2. The van der Waals surface area contributed by atoms with Gasteiger partial charge in [0.2, 0.25) is 0 Å². The van der Waals surface area contributed by atoms with Crippen LogP contribution in [0.15, 0.2) is 29.3 Å². The van der Waals surface area contributed by atoms with Crippen LogP contribution in [-0.4, -0.2) is 88.6 Å². The molecule has 0 radical (unpaired) electrons. The van der Waals surface area contributed by atoms with Crippen molar-refractivity contribution in [3.63, 3.8) is 0 Å². The second-order valence-corrected chi connectivity index (χ2v) is 8.63. The van der Waals surface area contributed by atoms with Crippen LogP contribution in [0, 0.1) is 0 Å². The van der Waals surface area contributed by atoms with Crippen molar-refractivity contribution in [2.45, 2.75) is 51.2 Å². The summed E-state index contributed by atoms with van der Waals surface area (Å²) in [7, 11) is 3.46. The van der Waals surface area contributed by atoms with Crippen molar-refractivity contribution in [2.24, 2.45) is 4.99 Å². The second kappa shape index (κ2) is 13.7. The van der Waals surface area contributed by atoms with Crippen LogP contribution in [0.5, 0.6) is 5.75 Å². The molecule has 2 fully saturated rings. The Balaban J connectivity index is 1.61. The van der Waals surface area contributed by atoms with Crippen molar-refractivity contribution in [3.05, 3.63) is 29.8 Å². The molecule has 0 aliphatic carbocycles. The van der Waals surface area contributed by atoms with E-state index in [9.17, 15) is 0 Å². The smallest absolute Gasteiger partial charge is 0.193 e. The van der Waals surface area contributed by atoms with E-state index in [2.05, 4.69) is 46.3 Å². The third-order valence-electron chi connectivity index (χ3n) is 6.42. The number of rotatable bonds is 11. The fraction of sp³-hybridized carbons (Fsp3) is 0.720. The van der Waals surface area contributed by atoms with E-state index < -0.39 is 0 Å². The molecule has 1 aromatic rings. The average molecular weight is 447 g/mol. The first-order valence-corrected chi connectivity index (χ1v) is 12.3. The van der Waals surface area contributed by atoms with Gasteiger partial charge in [0.1, 0.15) is 5.75 Å². The Morgan fingerprint density at radius 1 is 1.06 bits per heavy atom. The lowest BCUT2D eigenvalue weighted by Crippen LogP contribution is -2.47. The summed E-state index contributed by atoms with van der Waals surface area (Å²) >= 11 is 0. The van der Waals surface area contributed by atoms with Gasteiger partial charge in [0.25, 0.3) is 0 Å². The summed E-state index contributed by atoms with van der Waals surface area (Å²) in [5.41, 5.74) is 1.32. The van der Waals surface area contributed by atoms with Crippen LogP contribution in [0.4, 0.5) is 0 Å². The molecule has 7 nitrogen and oxygen atoms in total. The Hall–Kier alpha value is -1.83. The Morgan fingerprint density at radius 3 is 2.41 bits per heavy atom. The number of benzene rings is 1. The molecule has 1 N–H and O–H groups in total. The number of nitrogens with zero attached hydrogens (tertiary/aromatic N) is 3. The van der Waals surface area contributed by atoms with E-state index in [-0.39, 0.29) is 0 Å². The van der Waals surface area contributed by atoms with Crippen molar-refractivity contribution in [3.8, 4) is 5.75 Å². The molecule has 0 saturated carbocycles. The standard InChI is InChI=1S/C25H42N4O3/c1-4-26-25(29-16-12-23(13-17-29)32-19-7-18-30-2)27-20-24(28-14-5-6-15-28)21-8-10-22(31-3)11-9-21/h8-11,23-24H,4-7,12-20H2,1-3H3,(H,26,27). The molecule has 0 bridgehead atoms. The lowest BCUT2D eigenvalue weighted by molar-refractivity contribution is 0.00988. The molecule has 2 aliphatic heterocycles. The number of methoxy groups -OCH3 is 2. The van der Waals surface area contributed by atoms with Gasteiger partial charge in [-0.05, 0) is 69.8 Å². The SMILES string of the molecule is CCNC(=NCC(c1ccc(OC)cc1)N1CCCC1)N1CCC(OCCCOC)CC1. The number of piperidine rings is 1. The third-order valence-corrected chi connectivity index (χ3v) is 6.42. The third kappa shape index (κ3) is 7.36. The number of nitrogens with one attached hydrogen (secondary N) is 1. The summed E-state index contributed by atoms with van der Waals surface area (Å²) in [6.45, 7) is 9.60. The molecule has 2 aliphatic rings. The van der Waals surface area contributed by atoms with Crippen LogP contribution < -0.4 is 10.1 Å². The number of likely N-dealkylation sites (tertiary alicyclic amines) is 2. The molecular formula is C25H42N4O3. The van der Waals surface area contributed by atoms with Gasteiger partial charge in [-0.25, -0.2) is 0 Å². The number of ether oxygens (including phenoxy) is 3. The Bertz CT molecular complexity index is 668. The number of aliphatic imine (C=N–C) groups is 1. The van der Waals surface area contributed by atoms with Crippen molar-refractivity contribution < 1.29 is 14.2 Å². The van der Waals surface area contributed by atoms with Gasteiger partial charge in [0.15, 0.2) is 5.96 Å². The molecule has 0 amide bonds. The maximum atomic E-state index is 6.03. The Morgan fingerprint density at radius 2 is 1.78 bits per heavy atom. The van der Waals surface area contributed by atoms with Gasteiger partial charge in [0, 0.05) is 40.0 Å². The molecule has 3 rings (SSSR count). The first-order chi connectivity index (χ1) is 15.7. The maximum Gasteiger partial charge on any atom is 0.193 e. The monoisotopic (exact) mass is 446 g/mol. The summed E-state index contributed by atoms with van der Waals surface area (Å²) in [6, 6.07) is 8.81. The average Bonchev–Trinajstić information content (AvgIpc) is 3.37. The predicted molar refractivity (Wildman–Crippen MR) is 130 cm³/mol. The van der Waals surface area contributed by atoms with E-state index in [1.165, 1.54) is 18.4 Å². The number of guanidine groups is 1. The van der Waals surface area contributed by atoms with E-state index in [0.717, 1.165) is 83.5 Å². The van der Waals surface area contributed by atoms with E-state index in [4.69, 9.17) is 19.2 Å². The lowest BCUT2D eigenvalue weighted by Gasteiger charge is -2.35. The Labute approximate surface area is 194 Å². The van der Waals surface area contributed by atoms with Crippen LogP contribution >= 0.6 is 0 Å². The zero-order chi connectivity index (χ0) is 22.6. The van der Waals surface area contributed by atoms with Crippen molar-refractivity contribution >= 4 is 5.96 Å². The highest BCUT2D eigenvalue weighted by atomic mass is 16.5. The molecule has 2 heterocycles. The molecule has 7 heteroatoms. The van der Waals surface area contributed by atoms with E-state index in [1.54, 1.807) is 14.2 Å². The number of hydrogen-bond donors (Lipinski definition) is 1. The minimum atomic E-state index is 0.304. The summed E-state index contributed by atoms with van der Waals surface area (Å²) in [6.07, 6.45) is 5.95. The van der Waals surface area contributed by atoms with Crippen molar-refractivity contribution in [1.29, 1.82) is 0 Å². The largest absolute Gasteiger partial charge is 0.497 e. The molecule has 0 aromatic heterocycles. The maximum absolute atomic E-state index is 6.03. The summed E-state index contributed by atoms with van der Waals surface area (Å²) in [5.74, 6) is 1.93. The van der Waals surface area contributed by atoms with Crippen LogP contribution in [0.25, 0.3) is 0 Å². The second-order valence-electron chi connectivity index (χ2n) is 8.63. The van der Waals surface area contributed by atoms with Gasteiger partial charge in [-0.1, -0.05) is 12.1 Å². The van der Waals surface area contributed by atoms with Gasteiger partial charge < -0.3 is 24.4 Å². The Kier molecular flexibility index (Phi) is 10.6. The number of hydrogen-bond acceptors (Lipinski definition) is 5. The van der Waals surface area contributed by atoms with Crippen LogP contribution in [-0.2, 0) is 9.47 Å². The van der Waals surface area contributed by atoms with Gasteiger partial charge in [-0.3, -0.25) is 9.89 Å². The molecular weight excluding hydrogens is 404 g/mol. The first kappa shape index (κ1) is 24.8. The van der Waals surface area contributed by atoms with E-state index in [1.807, 2.05) is 0 Å². The molecule has 1 atom stereocenters. The van der Waals surface area contributed by atoms with Crippen LogP contribution in [0.1, 0.15) is 50.6 Å². The normalized spacial score (nSPS) is 19.3. The van der Waals surface area contributed by atoms with Crippen molar-refractivity contribution in [2.75, 3.05) is 66.7 Å². The minimum absolute atomic E-state index is 0.304. The summed E-state index contributed by atoms with van der Waals surface area (Å²) < 4.78 is 16.5. The van der Waals surface area contributed by atoms with Gasteiger partial charge in [-0.15, -0.1) is 0 Å². The van der Waals surface area contributed by atoms with Crippen molar-refractivity contribution in [1.82, 2.24) is 15.1 Å². The van der Waals surface area contributed by atoms with Crippen LogP contribution in [0.2, 0.25) is 0 Å². The lowest BCUT2D eigenvalue weighted by atomic mass is 10.1. The zero-order valence-electron chi connectivity index (χ0n) is 20.2. The van der Waals surface area contributed by atoms with Crippen LogP contribution in [0.3, 0.4) is 0 Å². The molecule has 0 spiro atoms. The quantitative estimate of drug-likeness (QED) is 0.320. The highest BCUT2D eigenvalue weighted by Crippen LogP contribution is 2.27.